The topological polar surface area (TPSA) is 119 Å². The second-order valence-electron chi connectivity index (χ2n) is 4.29. The highest BCUT2D eigenvalue weighted by Gasteiger charge is 2.36. The third-order valence-corrected chi connectivity index (χ3v) is 3.13. The fourth-order valence-electron chi connectivity index (χ4n) is 2.22. The molecule has 2 aromatic heterocycles. The molecule has 3 rings (SSSR count). The molecule has 2 aromatic rings. The maximum Gasteiger partial charge on any atom is 0.244 e. The lowest BCUT2D eigenvalue weighted by molar-refractivity contribution is -0.0425. The van der Waals surface area contributed by atoms with Gasteiger partial charge in [-0.2, -0.15) is 4.39 Å². The van der Waals surface area contributed by atoms with Crippen molar-refractivity contribution < 1.29 is 19.3 Å². The normalized spacial score (nSPS) is 27.2. The Morgan fingerprint density at radius 2 is 2.32 bits per heavy atom. The average molecular weight is 269 g/mol. The maximum absolute atomic E-state index is 13.5. The van der Waals surface area contributed by atoms with Crippen molar-refractivity contribution >= 4 is 17.1 Å². The molecule has 3 atom stereocenters. The number of aromatic nitrogens is 4. The van der Waals surface area contributed by atoms with E-state index in [1.165, 1.54) is 4.57 Å². The summed E-state index contributed by atoms with van der Waals surface area (Å²) in [6, 6.07) is 0. The van der Waals surface area contributed by atoms with Crippen molar-refractivity contribution in [2.75, 3.05) is 12.3 Å². The van der Waals surface area contributed by atoms with Gasteiger partial charge in [-0.15, -0.1) is 0 Å². The summed E-state index contributed by atoms with van der Waals surface area (Å²) in [7, 11) is 0. The lowest BCUT2D eigenvalue weighted by Gasteiger charge is -2.14. The first-order chi connectivity index (χ1) is 9.11. The lowest BCUT2D eigenvalue weighted by Crippen LogP contribution is -2.24. The fraction of sp³-hybridized carbons (Fsp3) is 0.500. The van der Waals surface area contributed by atoms with Crippen molar-refractivity contribution in [3.8, 4) is 0 Å². The number of rotatable bonds is 2. The van der Waals surface area contributed by atoms with Gasteiger partial charge in [0.1, 0.15) is 18.7 Å². The number of aliphatic hydroxyl groups is 2. The zero-order chi connectivity index (χ0) is 13.6. The molecule has 0 aromatic carbocycles. The highest BCUT2D eigenvalue weighted by molar-refractivity contribution is 5.73. The number of imidazole rings is 1. The van der Waals surface area contributed by atoms with Gasteiger partial charge in [0.15, 0.2) is 11.2 Å². The smallest absolute Gasteiger partial charge is 0.244 e. The van der Waals surface area contributed by atoms with Crippen LogP contribution in [0.3, 0.4) is 0 Å². The van der Waals surface area contributed by atoms with Crippen molar-refractivity contribution in [1.82, 2.24) is 19.5 Å². The Hall–Kier alpha value is -1.84. The third kappa shape index (κ3) is 1.82. The summed E-state index contributed by atoms with van der Waals surface area (Å²) in [6.45, 7) is -0.312. The number of nitrogen functional groups attached to an aromatic ring is 1. The Morgan fingerprint density at radius 1 is 1.53 bits per heavy atom. The summed E-state index contributed by atoms with van der Waals surface area (Å²) in [5, 5.41) is 18.8. The Balaban J connectivity index is 2.06. The quantitative estimate of drug-likeness (QED) is 0.610. The SMILES string of the molecule is Nc1nc2c(F)ncnc2n1[C@H]1C[C@@H](O)[C@H](CO)O1. The Bertz CT molecular complexity index is 618. The molecule has 0 spiro atoms. The Morgan fingerprint density at radius 3 is 3.00 bits per heavy atom. The zero-order valence-corrected chi connectivity index (χ0v) is 9.77. The van der Waals surface area contributed by atoms with Gasteiger partial charge in [0.25, 0.3) is 0 Å². The molecule has 3 heterocycles. The molecule has 0 saturated carbocycles. The zero-order valence-electron chi connectivity index (χ0n) is 9.77. The second-order valence-corrected chi connectivity index (χ2v) is 4.29. The summed E-state index contributed by atoms with van der Waals surface area (Å²) >= 11 is 0. The van der Waals surface area contributed by atoms with Crippen molar-refractivity contribution in [2.45, 2.75) is 24.9 Å². The van der Waals surface area contributed by atoms with Gasteiger partial charge in [0, 0.05) is 6.42 Å². The first-order valence-corrected chi connectivity index (χ1v) is 5.70. The summed E-state index contributed by atoms with van der Waals surface area (Å²) < 4.78 is 20.3. The minimum absolute atomic E-state index is 0.0187. The molecule has 1 aliphatic heterocycles. The third-order valence-electron chi connectivity index (χ3n) is 3.13. The highest BCUT2D eigenvalue weighted by atomic mass is 19.1. The standard InChI is InChI=1S/C10H12FN5O3/c11-8-7-9(14-3-13-8)16(10(12)15-7)6-1-4(18)5(2-17)19-6/h3-6,17-18H,1-2H2,(H2,12,15)/t4-,5+,6-/m1/s1. The van der Waals surface area contributed by atoms with E-state index in [2.05, 4.69) is 15.0 Å². The Kier molecular flexibility index (Phi) is 2.81. The number of nitrogens with two attached hydrogens (primary N) is 1. The minimum atomic E-state index is -0.821. The molecule has 1 fully saturated rings. The van der Waals surface area contributed by atoms with Crippen LogP contribution in [0.15, 0.2) is 6.33 Å². The van der Waals surface area contributed by atoms with E-state index in [4.69, 9.17) is 15.6 Å². The van der Waals surface area contributed by atoms with E-state index in [-0.39, 0.29) is 30.1 Å². The highest BCUT2D eigenvalue weighted by Crippen LogP contribution is 2.33. The number of ether oxygens (including phenoxy) is 1. The van der Waals surface area contributed by atoms with Gasteiger partial charge in [-0.25, -0.2) is 15.0 Å². The van der Waals surface area contributed by atoms with E-state index in [0.29, 0.717) is 0 Å². The van der Waals surface area contributed by atoms with Gasteiger partial charge < -0.3 is 20.7 Å². The van der Waals surface area contributed by atoms with Gasteiger partial charge >= 0.3 is 0 Å². The number of nitrogens with zero attached hydrogens (tertiary/aromatic N) is 4. The summed E-state index contributed by atoms with van der Waals surface area (Å²) in [5.41, 5.74) is 5.87. The average Bonchev–Trinajstić information content (AvgIpc) is 2.90. The van der Waals surface area contributed by atoms with Crippen LogP contribution < -0.4 is 5.73 Å². The van der Waals surface area contributed by atoms with Crippen LogP contribution in [-0.4, -0.2) is 48.5 Å². The van der Waals surface area contributed by atoms with Crippen LogP contribution in [0.4, 0.5) is 10.3 Å². The molecule has 0 bridgehead atoms. The molecule has 0 aliphatic carbocycles. The van der Waals surface area contributed by atoms with Crippen LogP contribution >= 0.6 is 0 Å². The first-order valence-electron chi connectivity index (χ1n) is 5.70. The molecule has 0 unspecified atom stereocenters. The molecule has 19 heavy (non-hydrogen) atoms. The summed E-state index contributed by atoms with van der Waals surface area (Å²) in [5.74, 6) is -0.752. The molecular formula is C10H12FN5O3. The summed E-state index contributed by atoms with van der Waals surface area (Å²) in [6.07, 6.45) is -0.894. The number of aliphatic hydroxyl groups excluding tert-OH is 2. The van der Waals surface area contributed by atoms with Crippen molar-refractivity contribution in [1.29, 1.82) is 0 Å². The molecule has 4 N–H and O–H groups in total. The molecular weight excluding hydrogens is 257 g/mol. The van der Waals surface area contributed by atoms with E-state index in [9.17, 15) is 9.50 Å². The maximum atomic E-state index is 13.5. The number of anilines is 1. The molecule has 9 heteroatoms. The largest absolute Gasteiger partial charge is 0.394 e. The van der Waals surface area contributed by atoms with Gasteiger partial charge in [0.05, 0.1) is 12.7 Å². The van der Waals surface area contributed by atoms with Crippen LogP contribution in [0.2, 0.25) is 0 Å². The van der Waals surface area contributed by atoms with Crippen molar-refractivity contribution in [3.63, 3.8) is 0 Å². The fourth-order valence-corrected chi connectivity index (χ4v) is 2.22. The monoisotopic (exact) mass is 269 g/mol. The van der Waals surface area contributed by atoms with E-state index in [0.717, 1.165) is 6.33 Å². The van der Waals surface area contributed by atoms with Gasteiger partial charge in [0.2, 0.25) is 11.9 Å². The second kappa shape index (κ2) is 4.37. The number of hydrogen-bond acceptors (Lipinski definition) is 7. The first kappa shape index (κ1) is 12.2. The predicted molar refractivity (Wildman–Crippen MR) is 61.3 cm³/mol. The molecule has 1 aliphatic rings. The number of halogens is 1. The summed E-state index contributed by atoms with van der Waals surface area (Å²) in [4.78, 5) is 11.2. The van der Waals surface area contributed by atoms with E-state index < -0.39 is 24.4 Å². The molecule has 0 amide bonds. The van der Waals surface area contributed by atoms with Crippen LogP contribution in [-0.2, 0) is 4.74 Å². The minimum Gasteiger partial charge on any atom is -0.394 e. The predicted octanol–water partition coefficient (Wildman–Crippen LogP) is -0.812. The molecule has 0 radical (unpaired) electrons. The van der Waals surface area contributed by atoms with E-state index >= 15 is 0 Å². The lowest BCUT2D eigenvalue weighted by atomic mass is 10.2. The molecule has 102 valence electrons. The van der Waals surface area contributed by atoms with Gasteiger partial charge in [-0.05, 0) is 0 Å². The van der Waals surface area contributed by atoms with Crippen LogP contribution in [0, 0.1) is 5.95 Å². The van der Waals surface area contributed by atoms with Gasteiger partial charge in [-0.1, -0.05) is 0 Å². The van der Waals surface area contributed by atoms with Crippen LogP contribution in [0.25, 0.3) is 11.2 Å². The van der Waals surface area contributed by atoms with E-state index in [1.807, 2.05) is 0 Å². The van der Waals surface area contributed by atoms with Gasteiger partial charge in [-0.3, -0.25) is 4.57 Å². The molecule has 8 nitrogen and oxygen atoms in total. The Labute approximate surface area is 106 Å². The van der Waals surface area contributed by atoms with Crippen LogP contribution in [0.5, 0.6) is 0 Å². The van der Waals surface area contributed by atoms with E-state index in [1.54, 1.807) is 0 Å². The van der Waals surface area contributed by atoms with Crippen LogP contribution in [0.1, 0.15) is 12.6 Å². The number of hydrogen-bond donors (Lipinski definition) is 3. The molecule has 1 saturated heterocycles. The van der Waals surface area contributed by atoms with Crippen molar-refractivity contribution in [3.05, 3.63) is 12.3 Å². The van der Waals surface area contributed by atoms with Crippen molar-refractivity contribution in [2.24, 2.45) is 0 Å². The number of fused-ring (bicyclic) bond motifs is 1.